The van der Waals surface area contributed by atoms with Crippen molar-refractivity contribution < 1.29 is 9.53 Å². The average molecular weight is 346 g/mol. The van der Waals surface area contributed by atoms with Gasteiger partial charge in [0.25, 0.3) is 5.91 Å². The first-order valence-electron chi connectivity index (χ1n) is 8.08. The van der Waals surface area contributed by atoms with Crippen LogP contribution in [0.5, 0.6) is 0 Å². The highest BCUT2D eigenvalue weighted by Crippen LogP contribution is 2.25. The van der Waals surface area contributed by atoms with E-state index in [1.54, 1.807) is 23.6 Å². The summed E-state index contributed by atoms with van der Waals surface area (Å²) in [4.78, 5) is 24.8. The number of aryl methyl sites for hydroxylation is 2. The van der Waals surface area contributed by atoms with Gasteiger partial charge in [-0.2, -0.15) is 0 Å². The van der Waals surface area contributed by atoms with Crippen LogP contribution in [-0.2, 0) is 4.74 Å². The number of morpholine rings is 1. The van der Waals surface area contributed by atoms with Crippen molar-refractivity contribution in [2.75, 3.05) is 31.2 Å². The summed E-state index contributed by atoms with van der Waals surface area (Å²) in [6, 6.07) is 3.54. The first-order chi connectivity index (χ1) is 11.6. The first-order valence-corrected chi connectivity index (χ1v) is 8.90. The van der Waals surface area contributed by atoms with Gasteiger partial charge in [-0.1, -0.05) is 0 Å². The number of pyridine rings is 1. The lowest BCUT2D eigenvalue weighted by atomic mass is 10.2. The molecule has 1 fully saturated rings. The molecule has 1 aliphatic rings. The van der Waals surface area contributed by atoms with Crippen LogP contribution < -0.4 is 10.2 Å². The Bertz CT molecular complexity index is 725. The van der Waals surface area contributed by atoms with E-state index in [0.29, 0.717) is 18.8 Å². The van der Waals surface area contributed by atoms with E-state index in [9.17, 15) is 4.79 Å². The Morgan fingerprint density at radius 1 is 1.38 bits per heavy atom. The highest BCUT2D eigenvalue weighted by molar-refractivity contribution is 7.11. The van der Waals surface area contributed by atoms with Gasteiger partial charge in [0.2, 0.25) is 0 Å². The topological polar surface area (TPSA) is 67.4 Å². The Labute approximate surface area is 145 Å². The zero-order valence-corrected chi connectivity index (χ0v) is 15.0. The van der Waals surface area contributed by atoms with E-state index in [2.05, 4.69) is 20.2 Å². The SMILES string of the molecule is Cc1nc(C)c([C@H](C)NC(=O)c2cccnc2N2CCOCC2)s1. The molecular weight excluding hydrogens is 324 g/mol. The van der Waals surface area contributed by atoms with Gasteiger partial charge in [0.15, 0.2) is 0 Å². The summed E-state index contributed by atoms with van der Waals surface area (Å²) in [6.07, 6.45) is 1.72. The highest BCUT2D eigenvalue weighted by Gasteiger charge is 2.22. The maximum Gasteiger partial charge on any atom is 0.255 e. The molecule has 7 heteroatoms. The molecule has 0 aliphatic carbocycles. The highest BCUT2D eigenvalue weighted by atomic mass is 32.1. The van der Waals surface area contributed by atoms with Gasteiger partial charge in [-0.15, -0.1) is 11.3 Å². The number of anilines is 1. The predicted molar refractivity (Wildman–Crippen MR) is 94.7 cm³/mol. The van der Waals surface area contributed by atoms with Crippen LogP contribution in [-0.4, -0.2) is 42.2 Å². The van der Waals surface area contributed by atoms with E-state index in [4.69, 9.17) is 4.74 Å². The van der Waals surface area contributed by atoms with E-state index >= 15 is 0 Å². The van der Waals surface area contributed by atoms with Crippen molar-refractivity contribution in [3.63, 3.8) is 0 Å². The fraction of sp³-hybridized carbons (Fsp3) is 0.471. The smallest absolute Gasteiger partial charge is 0.255 e. The quantitative estimate of drug-likeness (QED) is 0.921. The van der Waals surface area contributed by atoms with Gasteiger partial charge in [-0.25, -0.2) is 9.97 Å². The maximum atomic E-state index is 12.8. The third-order valence-electron chi connectivity index (χ3n) is 4.02. The summed E-state index contributed by atoms with van der Waals surface area (Å²) in [5.74, 6) is 0.616. The zero-order chi connectivity index (χ0) is 17.1. The van der Waals surface area contributed by atoms with Gasteiger partial charge >= 0.3 is 0 Å². The van der Waals surface area contributed by atoms with E-state index in [1.165, 1.54) is 0 Å². The molecule has 0 bridgehead atoms. The predicted octanol–water partition coefficient (Wildman–Crippen LogP) is 2.48. The van der Waals surface area contributed by atoms with Crippen molar-refractivity contribution in [2.24, 2.45) is 0 Å². The fourth-order valence-corrected chi connectivity index (χ4v) is 3.82. The van der Waals surface area contributed by atoms with Crippen molar-refractivity contribution in [1.82, 2.24) is 15.3 Å². The first kappa shape index (κ1) is 16.9. The molecule has 1 N–H and O–H groups in total. The number of rotatable bonds is 4. The monoisotopic (exact) mass is 346 g/mol. The minimum Gasteiger partial charge on any atom is -0.378 e. The average Bonchev–Trinajstić information content (AvgIpc) is 2.94. The maximum absolute atomic E-state index is 12.8. The van der Waals surface area contributed by atoms with Gasteiger partial charge in [0, 0.05) is 24.2 Å². The summed E-state index contributed by atoms with van der Waals surface area (Å²) in [7, 11) is 0. The van der Waals surface area contributed by atoms with Gasteiger partial charge in [0.05, 0.1) is 35.5 Å². The van der Waals surface area contributed by atoms with Gasteiger partial charge in [-0.05, 0) is 32.9 Å². The number of thiazole rings is 1. The number of nitrogens with one attached hydrogen (secondary N) is 1. The lowest BCUT2D eigenvalue weighted by Gasteiger charge is -2.29. The molecule has 3 heterocycles. The Hall–Kier alpha value is -1.99. The number of carbonyl (C=O) groups is 1. The second kappa shape index (κ2) is 7.27. The summed E-state index contributed by atoms with van der Waals surface area (Å²) in [6.45, 7) is 8.77. The molecule has 6 nitrogen and oxygen atoms in total. The molecule has 2 aromatic heterocycles. The molecular formula is C17H22N4O2S. The van der Waals surface area contributed by atoms with Crippen LogP contribution in [0.1, 0.15) is 38.9 Å². The Morgan fingerprint density at radius 2 is 2.12 bits per heavy atom. The molecule has 3 rings (SSSR count). The molecule has 0 spiro atoms. The third kappa shape index (κ3) is 3.57. The molecule has 1 atom stereocenters. The third-order valence-corrected chi connectivity index (χ3v) is 5.28. The van der Waals surface area contributed by atoms with E-state index < -0.39 is 0 Å². The van der Waals surface area contributed by atoms with E-state index in [-0.39, 0.29) is 11.9 Å². The van der Waals surface area contributed by atoms with Crippen LogP contribution in [0.25, 0.3) is 0 Å². The standard InChI is InChI=1S/C17H22N4O2S/c1-11-15(24-13(3)19-11)12(2)20-17(22)14-5-4-6-18-16(14)21-7-9-23-10-8-21/h4-6,12H,7-10H2,1-3H3,(H,20,22)/t12-/m0/s1. The molecule has 0 radical (unpaired) electrons. The van der Waals surface area contributed by atoms with Crippen molar-refractivity contribution >= 4 is 23.1 Å². The van der Waals surface area contributed by atoms with E-state index in [0.717, 1.165) is 34.5 Å². The number of hydrogen-bond donors (Lipinski definition) is 1. The lowest BCUT2D eigenvalue weighted by molar-refractivity contribution is 0.0938. The van der Waals surface area contributed by atoms with Crippen LogP contribution >= 0.6 is 11.3 Å². The van der Waals surface area contributed by atoms with Gasteiger partial charge in [-0.3, -0.25) is 4.79 Å². The minimum absolute atomic E-state index is 0.0820. The van der Waals surface area contributed by atoms with Crippen LogP contribution in [0.2, 0.25) is 0 Å². The fourth-order valence-electron chi connectivity index (χ4n) is 2.89. The summed E-state index contributed by atoms with van der Waals surface area (Å²) >= 11 is 1.62. The number of carbonyl (C=O) groups excluding carboxylic acids is 1. The molecule has 1 saturated heterocycles. The molecule has 0 unspecified atom stereocenters. The molecule has 0 aromatic carbocycles. The molecule has 24 heavy (non-hydrogen) atoms. The Kier molecular flexibility index (Phi) is 5.11. The number of amides is 1. The van der Waals surface area contributed by atoms with Crippen LogP contribution in [0.3, 0.4) is 0 Å². The molecule has 1 amide bonds. The van der Waals surface area contributed by atoms with Crippen LogP contribution in [0.15, 0.2) is 18.3 Å². The second-order valence-electron chi connectivity index (χ2n) is 5.85. The van der Waals surface area contributed by atoms with Crippen molar-refractivity contribution in [3.05, 3.63) is 39.5 Å². The van der Waals surface area contributed by atoms with Crippen molar-refractivity contribution in [1.29, 1.82) is 0 Å². The number of nitrogens with zero attached hydrogens (tertiary/aromatic N) is 3. The summed E-state index contributed by atoms with van der Waals surface area (Å²) in [5, 5.41) is 4.09. The molecule has 128 valence electrons. The number of aromatic nitrogens is 2. The lowest BCUT2D eigenvalue weighted by Crippen LogP contribution is -2.38. The summed E-state index contributed by atoms with van der Waals surface area (Å²) in [5.41, 5.74) is 1.58. The second-order valence-corrected chi connectivity index (χ2v) is 7.09. The minimum atomic E-state index is -0.109. The summed E-state index contributed by atoms with van der Waals surface area (Å²) < 4.78 is 5.38. The van der Waals surface area contributed by atoms with Crippen molar-refractivity contribution in [2.45, 2.75) is 26.8 Å². The van der Waals surface area contributed by atoms with Crippen LogP contribution in [0, 0.1) is 13.8 Å². The molecule has 0 saturated carbocycles. The Balaban J connectivity index is 1.78. The Morgan fingerprint density at radius 3 is 2.79 bits per heavy atom. The van der Waals surface area contributed by atoms with Crippen molar-refractivity contribution in [3.8, 4) is 0 Å². The number of hydrogen-bond acceptors (Lipinski definition) is 6. The molecule has 2 aromatic rings. The molecule has 1 aliphatic heterocycles. The van der Waals surface area contributed by atoms with Gasteiger partial charge < -0.3 is 15.0 Å². The van der Waals surface area contributed by atoms with E-state index in [1.807, 2.05) is 26.8 Å². The largest absolute Gasteiger partial charge is 0.378 e. The zero-order valence-electron chi connectivity index (χ0n) is 14.2. The van der Waals surface area contributed by atoms with Crippen LogP contribution in [0.4, 0.5) is 5.82 Å². The normalized spacial score (nSPS) is 16.0. The van der Waals surface area contributed by atoms with Gasteiger partial charge in [0.1, 0.15) is 5.82 Å². The number of ether oxygens (including phenoxy) is 1.